The average Bonchev–Trinajstić information content (AvgIpc) is 2.48. The molecule has 3 nitrogen and oxygen atoms in total. The molecule has 2 aliphatic heterocycles. The van der Waals surface area contributed by atoms with Crippen molar-refractivity contribution >= 4 is 0 Å². The minimum atomic E-state index is 0.708. The molecule has 0 saturated carbocycles. The number of nitrogens with zero attached hydrogens (tertiary/aromatic N) is 2. The lowest BCUT2D eigenvalue weighted by atomic mass is 10.2. The third-order valence-electron chi connectivity index (χ3n) is 2.54. The molecule has 3 rings (SSSR count). The van der Waals surface area contributed by atoms with Gasteiger partial charge in [-0.1, -0.05) is 24.3 Å². The fourth-order valence-corrected chi connectivity index (χ4v) is 1.77. The maximum atomic E-state index is 4.58. The number of fused-ring (bicyclic) bond motifs is 1. The number of nitrogens with one attached hydrogen (secondary N) is 1. The lowest BCUT2D eigenvalue weighted by Crippen LogP contribution is -2.25. The molecule has 2 heterocycles. The lowest BCUT2D eigenvalue weighted by Gasteiger charge is -2.11. The number of para-hydroxylation sites is 2. The van der Waals surface area contributed by atoms with Crippen LogP contribution < -0.4 is 16.0 Å². The van der Waals surface area contributed by atoms with Gasteiger partial charge in [0.15, 0.2) is 0 Å². The van der Waals surface area contributed by atoms with Crippen LogP contribution in [0.2, 0.25) is 0 Å². The van der Waals surface area contributed by atoms with Crippen LogP contribution in [0.5, 0.6) is 0 Å². The van der Waals surface area contributed by atoms with Crippen LogP contribution >= 0.6 is 0 Å². The van der Waals surface area contributed by atoms with Gasteiger partial charge in [0, 0.05) is 12.1 Å². The Kier molecular flexibility index (Phi) is 1.88. The summed E-state index contributed by atoms with van der Waals surface area (Å²) in [6.07, 6.45) is 4.20. The Morgan fingerprint density at radius 2 is 2.00 bits per heavy atom. The molecule has 0 saturated heterocycles. The van der Waals surface area contributed by atoms with E-state index in [2.05, 4.69) is 27.5 Å². The van der Waals surface area contributed by atoms with E-state index in [1.165, 1.54) is 0 Å². The fourth-order valence-electron chi connectivity index (χ4n) is 1.77. The Labute approximate surface area is 87.6 Å². The zero-order valence-electron chi connectivity index (χ0n) is 8.27. The molecule has 0 aromatic heterocycles. The molecule has 0 aliphatic carbocycles. The summed E-state index contributed by atoms with van der Waals surface area (Å²) in [4.78, 5) is 9.11. The Morgan fingerprint density at radius 1 is 1.13 bits per heavy atom. The third kappa shape index (κ3) is 1.46. The van der Waals surface area contributed by atoms with Gasteiger partial charge in [0.1, 0.15) is 5.82 Å². The predicted molar refractivity (Wildman–Crippen MR) is 57.8 cm³/mol. The summed E-state index contributed by atoms with van der Waals surface area (Å²) in [6, 6.07) is 7.98. The second-order valence-corrected chi connectivity index (χ2v) is 3.57. The molecule has 2 aliphatic rings. The van der Waals surface area contributed by atoms with Gasteiger partial charge in [-0.15, -0.1) is 0 Å². The smallest absolute Gasteiger partial charge is 0.132 e. The highest BCUT2D eigenvalue weighted by Crippen LogP contribution is 2.09. The van der Waals surface area contributed by atoms with Crippen molar-refractivity contribution in [3.05, 3.63) is 58.5 Å². The van der Waals surface area contributed by atoms with Crippen LogP contribution in [0.25, 0.3) is 0 Å². The van der Waals surface area contributed by atoms with E-state index >= 15 is 0 Å². The summed E-state index contributed by atoms with van der Waals surface area (Å²) in [5.41, 5.74) is 1.16. The van der Waals surface area contributed by atoms with Gasteiger partial charge >= 0.3 is 0 Å². The van der Waals surface area contributed by atoms with Gasteiger partial charge in [-0.05, 0) is 12.1 Å². The van der Waals surface area contributed by atoms with Gasteiger partial charge in [-0.3, -0.25) is 4.99 Å². The van der Waals surface area contributed by atoms with Crippen molar-refractivity contribution in [2.24, 2.45) is 9.98 Å². The van der Waals surface area contributed by atoms with Crippen molar-refractivity contribution in [1.82, 2.24) is 5.32 Å². The molecule has 74 valence electrons. The summed E-state index contributed by atoms with van der Waals surface area (Å²) in [5.74, 6) is 0.964. The molecule has 0 unspecified atom stereocenters. The van der Waals surface area contributed by atoms with E-state index in [4.69, 9.17) is 0 Å². The Balaban J connectivity index is 2.25. The van der Waals surface area contributed by atoms with Crippen molar-refractivity contribution in [3.63, 3.8) is 0 Å². The molecule has 3 heteroatoms. The molecule has 0 fully saturated rings. The molecule has 0 amide bonds. The zero-order valence-corrected chi connectivity index (χ0v) is 8.27. The van der Waals surface area contributed by atoms with E-state index in [1.54, 1.807) is 0 Å². The second kappa shape index (κ2) is 3.35. The van der Waals surface area contributed by atoms with Crippen LogP contribution in [0, 0.1) is 0 Å². The number of benzene rings is 1. The second-order valence-electron chi connectivity index (χ2n) is 3.57. The highest BCUT2D eigenvalue weighted by molar-refractivity contribution is 5.30. The van der Waals surface area contributed by atoms with Crippen molar-refractivity contribution in [2.45, 2.75) is 0 Å². The Morgan fingerprint density at radius 3 is 2.93 bits per heavy atom. The highest BCUT2D eigenvalue weighted by atomic mass is 15.0. The number of dihydropyridines is 1. The van der Waals surface area contributed by atoms with E-state index in [1.807, 2.05) is 24.3 Å². The number of hydrogen-bond donors (Lipinski definition) is 1. The monoisotopic (exact) mass is 197 g/mol. The van der Waals surface area contributed by atoms with E-state index in [-0.39, 0.29) is 0 Å². The molecular weight excluding hydrogens is 186 g/mol. The summed E-state index contributed by atoms with van der Waals surface area (Å²) < 4.78 is 0. The van der Waals surface area contributed by atoms with Crippen molar-refractivity contribution in [2.75, 3.05) is 13.1 Å². The predicted octanol–water partition coefficient (Wildman–Crippen LogP) is 0.310. The maximum absolute atomic E-state index is 4.58. The Bertz CT molecular complexity index is 567. The molecule has 0 radical (unpaired) electrons. The van der Waals surface area contributed by atoms with Crippen LogP contribution in [0.3, 0.4) is 0 Å². The third-order valence-corrected chi connectivity index (χ3v) is 2.54. The standard InChI is InChI=1S/C12H11N3/c1-2-6-11-10(5-1)14-8-9-4-3-7-13-12(9)15-11/h1-6,13H,7-8H2. The molecule has 1 aromatic carbocycles. The van der Waals surface area contributed by atoms with Crippen LogP contribution in [0.15, 0.2) is 57.8 Å². The maximum Gasteiger partial charge on any atom is 0.132 e. The first-order valence-electron chi connectivity index (χ1n) is 5.05. The van der Waals surface area contributed by atoms with Gasteiger partial charge < -0.3 is 5.32 Å². The summed E-state index contributed by atoms with van der Waals surface area (Å²) in [5, 5.41) is 5.19. The quantitative estimate of drug-likeness (QED) is 0.638. The summed E-state index contributed by atoms with van der Waals surface area (Å²) in [7, 11) is 0. The van der Waals surface area contributed by atoms with Gasteiger partial charge in [-0.25, -0.2) is 4.99 Å². The van der Waals surface area contributed by atoms with Gasteiger partial charge in [0.05, 0.1) is 17.3 Å². The molecular formula is C12H11N3. The van der Waals surface area contributed by atoms with Gasteiger partial charge in [-0.2, -0.15) is 0 Å². The fraction of sp³-hybridized carbons (Fsp3) is 0.167. The first-order valence-corrected chi connectivity index (χ1v) is 5.05. The lowest BCUT2D eigenvalue weighted by molar-refractivity contribution is 0.839. The SMILES string of the molecule is C1=CC2=C(N=c3ccccc3=NC2)NC1. The largest absolute Gasteiger partial charge is 0.366 e. The first kappa shape index (κ1) is 8.41. The van der Waals surface area contributed by atoms with Gasteiger partial charge in [0.2, 0.25) is 0 Å². The molecule has 15 heavy (non-hydrogen) atoms. The van der Waals surface area contributed by atoms with Gasteiger partial charge in [0.25, 0.3) is 0 Å². The van der Waals surface area contributed by atoms with Crippen LogP contribution in [-0.2, 0) is 0 Å². The Hall–Kier alpha value is -1.90. The zero-order chi connectivity index (χ0) is 10.1. The molecule has 0 bridgehead atoms. The highest BCUT2D eigenvalue weighted by Gasteiger charge is 2.08. The van der Waals surface area contributed by atoms with E-state index in [9.17, 15) is 0 Å². The van der Waals surface area contributed by atoms with Crippen LogP contribution in [0.4, 0.5) is 0 Å². The summed E-state index contributed by atoms with van der Waals surface area (Å²) in [6.45, 7) is 1.56. The molecule has 0 spiro atoms. The van der Waals surface area contributed by atoms with Crippen molar-refractivity contribution in [3.8, 4) is 0 Å². The first-order chi connectivity index (χ1) is 7.43. The van der Waals surface area contributed by atoms with E-state index < -0.39 is 0 Å². The normalized spacial score (nSPS) is 17.9. The average molecular weight is 197 g/mol. The molecule has 1 aromatic rings. The molecule has 1 N–H and O–H groups in total. The van der Waals surface area contributed by atoms with E-state index in [0.717, 1.165) is 28.7 Å². The van der Waals surface area contributed by atoms with Crippen molar-refractivity contribution < 1.29 is 0 Å². The minimum absolute atomic E-state index is 0.708. The van der Waals surface area contributed by atoms with E-state index in [0.29, 0.717) is 6.54 Å². The molecule has 0 atom stereocenters. The van der Waals surface area contributed by atoms with Crippen LogP contribution in [0.1, 0.15) is 0 Å². The van der Waals surface area contributed by atoms with Crippen molar-refractivity contribution in [1.29, 1.82) is 0 Å². The minimum Gasteiger partial charge on any atom is -0.366 e. The topological polar surface area (TPSA) is 36.8 Å². The summed E-state index contributed by atoms with van der Waals surface area (Å²) >= 11 is 0. The number of rotatable bonds is 0. The van der Waals surface area contributed by atoms with Crippen LogP contribution in [-0.4, -0.2) is 13.1 Å². The number of hydrogen-bond acceptors (Lipinski definition) is 3.